The van der Waals surface area contributed by atoms with Crippen LogP contribution in [0, 0.1) is 23.5 Å². The second-order valence-corrected chi connectivity index (χ2v) is 15.3. The average molecular weight is 722 g/mol. The predicted octanol–water partition coefficient (Wildman–Crippen LogP) is 6.06. The number of nitrogens with zero attached hydrogens (tertiary/aromatic N) is 1. The van der Waals surface area contributed by atoms with Crippen LogP contribution in [-0.2, 0) is 14.8 Å². The molecular formula is C37H50ClF2N3O5S. The molecule has 49 heavy (non-hydrogen) atoms. The summed E-state index contributed by atoms with van der Waals surface area (Å²) in [6.45, 7) is 5.53. The third-order valence-corrected chi connectivity index (χ3v) is 11.2. The molecule has 4 atom stereocenters. The van der Waals surface area contributed by atoms with Gasteiger partial charge in [0.15, 0.2) is 0 Å². The van der Waals surface area contributed by atoms with Crippen LogP contribution in [0.2, 0.25) is 0 Å². The van der Waals surface area contributed by atoms with Crippen molar-refractivity contribution >= 4 is 28.3 Å². The lowest BCUT2D eigenvalue weighted by molar-refractivity contribution is -0.123. The topological polar surface area (TPSA) is 133 Å². The van der Waals surface area contributed by atoms with E-state index in [0.29, 0.717) is 42.4 Å². The third-order valence-electron chi connectivity index (χ3n) is 9.21. The molecule has 8 nitrogen and oxygen atoms in total. The van der Waals surface area contributed by atoms with Crippen LogP contribution in [0.3, 0.4) is 0 Å². The first-order valence-corrected chi connectivity index (χ1v) is 18.2. The fraction of sp³-hybridized carbons (Fsp3) is 0.486. The Morgan fingerprint density at radius 2 is 1.39 bits per heavy atom. The number of carbonyl (C=O) groups is 1. The molecule has 0 aliphatic heterocycles. The summed E-state index contributed by atoms with van der Waals surface area (Å²) in [5, 5.41) is 23.4. The van der Waals surface area contributed by atoms with Gasteiger partial charge in [0.25, 0.3) is 0 Å². The Labute approximate surface area is 295 Å². The first kappa shape index (κ1) is 40.5. The number of aliphatic hydroxyl groups is 2. The van der Waals surface area contributed by atoms with Gasteiger partial charge in [-0.2, -0.15) is 4.31 Å². The fourth-order valence-corrected chi connectivity index (χ4v) is 7.80. The lowest BCUT2D eigenvalue weighted by Crippen LogP contribution is -2.49. The molecule has 1 aliphatic rings. The standard InChI is InChI=1S/C37H49F2N3O5S.ClH/c1-24(2)21-22-42(48(46,47)33-19-13-26(14-20-33)25(3)44)32(23-43)5-4-6-34(27-7-8-27)41-37(45)36(40)35(28-9-15-30(38)16-10-28)29-11-17-31(39)18-12-29;/h9-20,24-25,27,32,34-36,43-44H,4-8,21-23,40H2,1-3H3,(H,41,45);1H/t25-,32-,34+,36-;/m0./s1. The maximum absolute atomic E-state index is 13.8. The van der Waals surface area contributed by atoms with Crippen LogP contribution >= 0.6 is 12.4 Å². The van der Waals surface area contributed by atoms with Crippen molar-refractivity contribution in [2.75, 3.05) is 13.2 Å². The summed E-state index contributed by atoms with van der Waals surface area (Å²) in [4.78, 5) is 13.7. The highest BCUT2D eigenvalue weighted by molar-refractivity contribution is 7.89. The molecule has 3 aromatic rings. The quantitative estimate of drug-likeness (QED) is 0.126. The number of nitrogens with two attached hydrogens (primary N) is 1. The van der Waals surface area contributed by atoms with Crippen molar-refractivity contribution in [1.29, 1.82) is 0 Å². The largest absolute Gasteiger partial charge is 0.395 e. The summed E-state index contributed by atoms with van der Waals surface area (Å²) >= 11 is 0. The average Bonchev–Trinajstić information content (AvgIpc) is 3.91. The molecule has 0 saturated heterocycles. The second-order valence-electron chi connectivity index (χ2n) is 13.4. The highest BCUT2D eigenvalue weighted by Crippen LogP contribution is 2.36. The molecular weight excluding hydrogens is 672 g/mol. The van der Waals surface area contributed by atoms with Crippen molar-refractivity contribution in [1.82, 2.24) is 9.62 Å². The van der Waals surface area contributed by atoms with Crippen molar-refractivity contribution in [2.24, 2.45) is 17.6 Å². The molecule has 5 N–H and O–H groups in total. The molecule has 270 valence electrons. The highest BCUT2D eigenvalue weighted by Gasteiger charge is 2.36. The second kappa shape index (κ2) is 18.3. The number of carbonyl (C=O) groups excluding carboxylic acids is 1. The Hall–Kier alpha value is -2.93. The van der Waals surface area contributed by atoms with E-state index in [9.17, 15) is 32.2 Å². The van der Waals surface area contributed by atoms with E-state index in [1.54, 1.807) is 43.3 Å². The van der Waals surface area contributed by atoms with E-state index in [-0.39, 0.29) is 54.2 Å². The Morgan fingerprint density at radius 3 is 1.84 bits per heavy atom. The molecule has 0 spiro atoms. The van der Waals surface area contributed by atoms with Gasteiger partial charge in [0.2, 0.25) is 15.9 Å². The normalized spacial score (nSPS) is 15.9. The zero-order chi connectivity index (χ0) is 35.0. The number of benzene rings is 3. The molecule has 1 fully saturated rings. The summed E-state index contributed by atoms with van der Waals surface area (Å²) in [5.74, 6) is -1.36. The number of sulfonamides is 1. The van der Waals surface area contributed by atoms with Crippen LogP contribution in [0.15, 0.2) is 77.7 Å². The lowest BCUT2D eigenvalue weighted by atomic mass is 9.84. The van der Waals surface area contributed by atoms with Crippen molar-refractivity contribution in [3.8, 4) is 0 Å². The van der Waals surface area contributed by atoms with Crippen LogP contribution in [0.5, 0.6) is 0 Å². The van der Waals surface area contributed by atoms with Gasteiger partial charge in [0.1, 0.15) is 11.6 Å². The van der Waals surface area contributed by atoms with Gasteiger partial charge in [0.05, 0.1) is 23.6 Å². The van der Waals surface area contributed by atoms with Gasteiger partial charge < -0.3 is 21.3 Å². The third kappa shape index (κ3) is 11.0. The zero-order valence-electron chi connectivity index (χ0n) is 28.3. The summed E-state index contributed by atoms with van der Waals surface area (Å²) in [6, 6.07) is 15.8. The van der Waals surface area contributed by atoms with Gasteiger partial charge in [-0.25, -0.2) is 17.2 Å². The number of nitrogens with one attached hydrogen (secondary N) is 1. The first-order valence-electron chi connectivity index (χ1n) is 16.8. The van der Waals surface area contributed by atoms with Gasteiger partial charge >= 0.3 is 0 Å². The molecule has 1 aliphatic carbocycles. The Bertz CT molecular complexity index is 1530. The van der Waals surface area contributed by atoms with E-state index in [1.807, 2.05) is 13.8 Å². The molecule has 0 radical (unpaired) electrons. The van der Waals surface area contributed by atoms with E-state index in [2.05, 4.69) is 5.32 Å². The van der Waals surface area contributed by atoms with Crippen molar-refractivity contribution < 1.29 is 32.2 Å². The maximum atomic E-state index is 13.8. The Balaban J connectivity index is 0.00000650. The van der Waals surface area contributed by atoms with Crippen LogP contribution in [0.1, 0.15) is 88.0 Å². The van der Waals surface area contributed by atoms with Crippen LogP contribution in [0.4, 0.5) is 8.78 Å². The monoisotopic (exact) mass is 721 g/mol. The molecule has 1 amide bonds. The van der Waals surface area contributed by atoms with Crippen molar-refractivity contribution in [3.05, 3.63) is 101 Å². The smallest absolute Gasteiger partial charge is 0.243 e. The minimum atomic E-state index is -3.94. The number of halogens is 3. The summed E-state index contributed by atoms with van der Waals surface area (Å²) in [6.07, 6.45) is 3.28. The number of rotatable bonds is 18. The SMILES string of the molecule is CC(C)CCN([C@H](CO)CCC[C@@H](NC(=O)[C@@H](N)C(c1ccc(F)cc1)c1ccc(F)cc1)C1CC1)S(=O)(=O)c1ccc([C@H](C)O)cc1.Cl. The van der Waals surface area contributed by atoms with Crippen LogP contribution < -0.4 is 11.1 Å². The molecule has 3 aromatic carbocycles. The lowest BCUT2D eigenvalue weighted by Gasteiger charge is -2.31. The number of hydrogen-bond acceptors (Lipinski definition) is 6. The van der Waals surface area contributed by atoms with Gasteiger partial charge in [-0.3, -0.25) is 4.79 Å². The summed E-state index contributed by atoms with van der Waals surface area (Å²) in [7, 11) is -3.94. The first-order chi connectivity index (χ1) is 22.8. The molecule has 12 heteroatoms. The van der Waals surface area contributed by atoms with E-state index < -0.39 is 45.8 Å². The minimum absolute atomic E-state index is 0. The van der Waals surface area contributed by atoms with E-state index in [0.717, 1.165) is 12.8 Å². The predicted molar refractivity (Wildman–Crippen MR) is 190 cm³/mol. The van der Waals surface area contributed by atoms with Crippen molar-refractivity contribution in [2.45, 2.75) is 94.3 Å². The maximum Gasteiger partial charge on any atom is 0.243 e. The van der Waals surface area contributed by atoms with Gasteiger partial charge in [-0.15, -0.1) is 12.4 Å². The highest BCUT2D eigenvalue weighted by atomic mass is 35.5. The van der Waals surface area contributed by atoms with Gasteiger partial charge in [-0.05, 0) is 110 Å². The molecule has 0 unspecified atom stereocenters. The van der Waals surface area contributed by atoms with E-state index in [1.165, 1.54) is 40.7 Å². The van der Waals surface area contributed by atoms with Crippen LogP contribution in [0.25, 0.3) is 0 Å². The molecule has 1 saturated carbocycles. The molecule has 0 bridgehead atoms. The molecule has 4 rings (SSSR count). The Kier molecular flexibility index (Phi) is 15.2. The van der Waals surface area contributed by atoms with Crippen molar-refractivity contribution in [3.63, 3.8) is 0 Å². The molecule has 0 aromatic heterocycles. The fourth-order valence-electron chi connectivity index (χ4n) is 6.14. The summed E-state index contributed by atoms with van der Waals surface area (Å²) in [5.41, 5.74) is 8.44. The van der Waals surface area contributed by atoms with E-state index >= 15 is 0 Å². The zero-order valence-corrected chi connectivity index (χ0v) is 30.0. The number of aliphatic hydroxyl groups excluding tert-OH is 2. The van der Waals surface area contributed by atoms with Gasteiger partial charge in [0, 0.05) is 24.5 Å². The minimum Gasteiger partial charge on any atom is -0.395 e. The molecule has 0 heterocycles. The van der Waals surface area contributed by atoms with E-state index in [4.69, 9.17) is 5.73 Å². The van der Waals surface area contributed by atoms with Gasteiger partial charge in [-0.1, -0.05) is 50.2 Å². The number of hydrogen-bond donors (Lipinski definition) is 4. The van der Waals surface area contributed by atoms with Crippen LogP contribution in [-0.4, -0.2) is 60.1 Å². The summed E-state index contributed by atoms with van der Waals surface area (Å²) < 4.78 is 56.5. The Morgan fingerprint density at radius 1 is 0.878 bits per heavy atom. The number of amides is 1.